The van der Waals surface area contributed by atoms with E-state index in [0.29, 0.717) is 25.4 Å². The molecule has 0 aromatic carbocycles. The van der Waals surface area contributed by atoms with Crippen LogP contribution in [0.3, 0.4) is 0 Å². The Labute approximate surface area is 85.5 Å². The zero-order valence-corrected chi connectivity index (χ0v) is 8.54. The monoisotopic (exact) mass is 194 g/mol. The van der Waals surface area contributed by atoms with E-state index in [-0.39, 0.29) is 5.91 Å². The van der Waals surface area contributed by atoms with E-state index in [1.807, 2.05) is 0 Å². The fraction of sp³-hybridized carbons (Fsp3) is 0.545. The van der Waals surface area contributed by atoms with Crippen LogP contribution in [0.1, 0.15) is 6.42 Å². The number of carbonyl (C=O) groups is 1. The van der Waals surface area contributed by atoms with Crippen molar-refractivity contribution in [3.63, 3.8) is 0 Å². The van der Waals surface area contributed by atoms with Gasteiger partial charge in [-0.2, -0.15) is 0 Å². The van der Waals surface area contributed by atoms with Gasteiger partial charge in [-0.05, 0) is 19.0 Å². The molecule has 3 heteroatoms. The predicted molar refractivity (Wildman–Crippen MR) is 58.0 cm³/mol. The minimum absolute atomic E-state index is 0.205. The molecule has 1 heterocycles. The largest absolute Gasteiger partial charge is 0.335 e. The van der Waals surface area contributed by atoms with Crippen molar-refractivity contribution in [3.05, 3.63) is 25.3 Å². The molecule has 1 saturated heterocycles. The normalized spacial score (nSPS) is 15.7. The van der Waals surface area contributed by atoms with Gasteiger partial charge in [0.05, 0.1) is 0 Å². The number of hydrogen-bond acceptors (Lipinski definition) is 2. The van der Waals surface area contributed by atoms with Crippen LogP contribution in [0.5, 0.6) is 0 Å². The second kappa shape index (κ2) is 5.60. The average Bonchev–Trinajstić information content (AvgIpc) is 2.11. The van der Waals surface area contributed by atoms with E-state index in [1.54, 1.807) is 17.1 Å². The molecule has 0 aromatic heterocycles. The summed E-state index contributed by atoms with van der Waals surface area (Å²) in [6, 6.07) is 0. The third-order valence-electron chi connectivity index (χ3n) is 2.38. The highest BCUT2D eigenvalue weighted by molar-refractivity contribution is 5.77. The Morgan fingerprint density at radius 1 is 1.36 bits per heavy atom. The van der Waals surface area contributed by atoms with E-state index < -0.39 is 0 Å². The SMILES string of the molecule is C=CCN(CC=C)C(=O)CC1CNC1. The summed E-state index contributed by atoms with van der Waals surface area (Å²) in [5.41, 5.74) is 0. The summed E-state index contributed by atoms with van der Waals surface area (Å²) in [6.07, 6.45) is 4.15. The summed E-state index contributed by atoms with van der Waals surface area (Å²) in [4.78, 5) is 13.5. The molecule has 0 spiro atoms. The summed E-state index contributed by atoms with van der Waals surface area (Å²) >= 11 is 0. The summed E-state index contributed by atoms with van der Waals surface area (Å²) in [6.45, 7) is 10.5. The molecule has 3 nitrogen and oxygen atoms in total. The molecule has 78 valence electrons. The van der Waals surface area contributed by atoms with E-state index in [0.717, 1.165) is 13.1 Å². The Morgan fingerprint density at radius 3 is 2.29 bits per heavy atom. The molecule has 0 saturated carbocycles. The van der Waals surface area contributed by atoms with Gasteiger partial charge in [0.25, 0.3) is 0 Å². The van der Waals surface area contributed by atoms with Crippen LogP contribution in [0.15, 0.2) is 25.3 Å². The number of rotatable bonds is 6. The first kappa shape index (κ1) is 11.0. The molecular formula is C11H18N2O. The van der Waals surface area contributed by atoms with Crippen molar-refractivity contribution in [2.45, 2.75) is 6.42 Å². The predicted octanol–water partition coefficient (Wildman–Crippen LogP) is 0.796. The lowest BCUT2D eigenvalue weighted by Gasteiger charge is -2.29. The van der Waals surface area contributed by atoms with Gasteiger partial charge in [0, 0.05) is 19.5 Å². The van der Waals surface area contributed by atoms with Crippen LogP contribution in [0.2, 0.25) is 0 Å². The van der Waals surface area contributed by atoms with Crippen LogP contribution in [-0.4, -0.2) is 37.0 Å². The van der Waals surface area contributed by atoms with Crippen LogP contribution >= 0.6 is 0 Å². The summed E-state index contributed by atoms with van der Waals surface area (Å²) < 4.78 is 0. The molecule has 0 radical (unpaired) electrons. The van der Waals surface area contributed by atoms with E-state index >= 15 is 0 Å². The van der Waals surface area contributed by atoms with Gasteiger partial charge in [-0.25, -0.2) is 0 Å². The summed E-state index contributed by atoms with van der Waals surface area (Å²) in [5.74, 6) is 0.732. The van der Waals surface area contributed by atoms with E-state index in [1.165, 1.54) is 0 Å². The Morgan fingerprint density at radius 2 is 1.93 bits per heavy atom. The zero-order valence-electron chi connectivity index (χ0n) is 8.54. The van der Waals surface area contributed by atoms with Gasteiger partial charge in [-0.3, -0.25) is 4.79 Å². The van der Waals surface area contributed by atoms with Crippen molar-refractivity contribution in [2.75, 3.05) is 26.2 Å². The first-order chi connectivity index (χ1) is 6.77. The lowest BCUT2D eigenvalue weighted by molar-refractivity contribution is -0.131. The van der Waals surface area contributed by atoms with Crippen molar-refractivity contribution in [2.24, 2.45) is 5.92 Å². The van der Waals surface area contributed by atoms with Gasteiger partial charge >= 0.3 is 0 Å². The summed E-state index contributed by atoms with van der Waals surface area (Å²) in [7, 11) is 0. The number of nitrogens with zero attached hydrogens (tertiary/aromatic N) is 1. The Balaban J connectivity index is 2.35. The molecular weight excluding hydrogens is 176 g/mol. The van der Waals surface area contributed by atoms with Gasteiger partial charge in [-0.1, -0.05) is 12.2 Å². The second-order valence-electron chi connectivity index (χ2n) is 3.60. The van der Waals surface area contributed by atoms with Crippen molar-refractivity contribution in [3.8, 4) is 0 Å². The Hall–Kier alpha value is -1.09. The molecule has 1 amide bonds. The van der Waals surface area contributed by atoms with Crippen molar-refractivity contribution >= 4 is 5.91 Å². The van der Waals surface area contributed by atoms with Gasteiger partial charge in [0.2, 0.25) is 5.91 Å². The number of hydrogen-bond donors (Lipinski definition) is 1. The van der Waals surface area contributed by atoms with Crippen LogP contribution < -0.4 is 5.32 Å². The standard InChI is InChI=1S/C11H18N2O/c1-3-5-13(6-4-2)11(14)7-10-8-12-9-10/h3-4,10,12H,1-2,5-9H2. The van der Waals surface area contributed by atoms with E-state index in [9.17, 15) is 4.79 Å². The highest BCUT2D eigenvalue weighted by Crippen LogP contribution is 2.10. The maximum Gasteiger partial charge on any atom is 0.223 e. The summed E-state index contributed by atoms with van der Waals surface area (Å²) in [5, 5.41) is 3.16. The molecule has 0 bridgehead atoms. The highest BCUT2D eigenvalue weighted by Gasteiger charge is 2.22. The minimum Gasteiger partial charge on any atom is -0.335 e. The quantitative estimate of drug-likeness (QED) is 0.634. The van der Waals surface area contributed by atoms with Crippen LogP contribution in [0.4, 0.5) is 0 Å². The van der Waals surface area contributed by atoms with Gasteiger partial charge in [0.15, 0.2) is 0 Å². The van der Waals surface area contributed by atoms with Crippen molar-refractivity contribution in [1.82, 2.24) is 10.2 Å². The van der Waals surface area contributed by atoms with Crippen LogP contribution in [0, 0.1) is 5.92 Å². The lowest BCUT2D eigenvalue weighted by Crippen LogP contribution is -2.45. The topological polar surface area (TPSA) is 32.3 Å². The fourth-order valence-corrected chi connectivity index (χ4v) is 1.46. The first-order valence-corrected chi connectivity index (χ1v) is 4.98. The fourth-order valence-electron chi connectivity index (χ4n) is 1.46. The minimum atomic E-state index is 0.205. The highest BCUT2D eigenvalue weighted by atomic mass is 16.2. The average molecular weight is 194 g/mol. The zero-order chi connectivity index (χ0) is 10.4. The molecule has 1 rings (SSSR count). The van der Waals surface area contributed by atoms with Crippen molar-refractivity contribution < 1.29 is 4.79 Å². The third kappa shape index (κ3) is 3.00. The molecule has 1 aliphatic rings. The van der Waals surface area contributed by atoms with E-state index in [4.69, 9.17) is 0 Å². The molecule has 0 unspecified atom stereocenters. The van der Waals surface area contributed by atoms with Gasteiger partial charge in [0.1, 0.15) is 0 Å². The van der Waals surface area contributed by atoms with Crippen molar-refractivity contribution in [1.29, 1.82) is 0 Å². The molecule has 0 aliphatic carbocycles. The maximum absolute atomic E-state index is 11.7. The second-order valence-corrected chi connectivity index (χ2v) is 3.60. The third-order valence-corrected chi connectivity index (χ3v) is 2.38. The number of nitrogens with one attached hydrogen (secondary N) is 1. The lowest BCUT2D eigenvalue weighted by atomic mass is 9.99. The first-order valence-electron chi connectivity index (χ1n) is 4.98. The molecule has 1 aliphatic heterocycles. The number of amides is 1. The molecule has 0 aromatic rings. The Bertz CT molecular complexity index is 211. The van der Waals surface area contributed by atoms with Crippen LogP contribution in [0.25, 0.3) is 0 Å². The number of carbonyl (C=O) groups excluding carboxylic acids is 1. The maximum atomic E-state index is 11.7. The molecule has 1 fully saturated rings. The molecule has 14 heavy (non-hydrogen) atoms. The van der Waals surface area contributed by atoms with Gasteiger partial charge in [-0.15, -0.1) is 13.2 Å². The smallest absolute Gasteiger partial charge is 0.223 e. The molecule has 0 atom stereocenters. The Kier molecular flexibility index (Phi) is 4.40. The van der Waals surface area contributed by atoms with Gasteiger partial charge < -0.3 is 10.2 Å². The van der Waals surface area contributed by atoms with E-state index in [2.05, 4.69) is 18.5 Å². The van der Waals surface area contributed by atoms with Crippen LogP contribution in [-0.2, 0) is 4.79 Å². The molecule has 1 N–H and O–H groups in total.